The van der Waals surface area contributed by atoms with Gasteiger partial charge in [-0.25, -0.2) is 13.1 Å². The molecule has 0 radical (unpaired) electrons. The van der Waals surface area contributed by atoms with Gasteiger partial charge in [-0.1, -0.05) is 18.2 Å². The lowest BCUT2D eigenvalue weighted by molar-refractivity contribution is 0.416. The maximum Gasteiger partial charge on any atom is 0.240 e. The smallest absolute Gasteiger partial charge is 0.240 e. The van der Waals surface area contributed by atoms with Crippen LogP contribution in [-0.4, -0.2) is 22.1 Å². The van der Waals surface area contributed by atoms with Crippen LogP contribution in [0.15, 0.2) is 34.7 Å². The summed E-state index contributed by atoms with van der Waals surface area (Å²) in [5, 5.41) is 0.204. The highest BCUT2D eigenvalue weighted by atomic mass is 35.5. The number of hydrogen-bond donors (Lipinski definition) is 2. The summed E-state index contributed by atoms with van der Waals surface area (Å²) < 4.78 is 30.8. The Labute approximate surface area is 105 Å². The third-order valence-electron chi connectivity index (χ3n) is 1.97. The molecule has 0 unspecified atom stereocenters. The molecular formula is C10H13ClN2O3S. The minimum Gasteiger partial charge on any atom is -0.495 e. The first kappa shape index (κ1) is 13.8. The second-order valence-electron chi connectivity index (χ2n) is 3.25. The topological polar surface area (TPSA) is 81.4 Å². The molecule has 1 rings (SSSR count). The quantitative estimate of drug-likeness (QED) is 0.795. The number of benzene rings is 1. The first-order valence-corrected chi connectivity index (χ1v) is 6.49. The Balaban J connectivity index is 2.99. The first-order chi connectivity index (χ1) is 7.86. The third-order valence-corrected chi connectivity index (χ3v) is 3.50. The fraction of sp³-hybridized carbons (Fsp3) is 0.200. The number of nitrogen functional groups attached to an aromatic ring is 1. The van der Waals surface area contributed by atoms with Crippen LogP contribution in [0.1, 0.15) is 0 Å². The number of nitrogens with two attached hydrogens (primary N) is 1. The normalized spacial score (nSPS) is 11.2. The molecule has 0 aromatic heterocycles. The molecule has 0 atom stereocenters. The van der Waals surface area contributed by atoms with Gasteiger partial charge in [-0.2, -0.15) is 0 Å². The lowest BCUT2D eigenvalue weighted by Crippen LogP contribution is -2.24. The van der Waals surface area contributed by atoms with E-state index in [0.717, 1.165) is 0 Å². The Morgan fingerprint density at radius 3 is 2.71 bits per heavy atom. The van der Waals surface area contributed by atoms with Crippen molar-refractivity contribution in [3.05, 3.63) is 29.8 Å². The second-order valence-corrected chi connectivity index (χ2v) is 5.55. The van der Waals surface area contributed by atoms with E-state index in [4.69, 9.17) is 22.1 Å². The van der Waals surface area contributed by atoms with Crippen molar-refractivity contribution in [2.75, 3.05) is 19.4 Å². The number of sulfonamides is 1. The summed E-state index contributed by atoms with van der Waals surface area (Å²) >= 11 is 5.48. The minimum atomic E-state index is -3.63. The molecule has 3 N–H and O–H groups in total. The van der Waals surface area contributed by atoms with Crippen molar-refractivity contribution in [3.8, 4) is 5.75 Å². The lowest BCUT2D eigenvalue weighted by Gasteiger charge is -2.08. The van der Waals surface area contributed by atoms with Gasteiger partial charge in [-0.05, 0) is 18.2 Å². The SMILES string of the molecule is C=C(Cl)CNS(=O)(=O)c1ccc(OC)c(N)c1. The largest absolute Gasteiger partial charge is 0.495 e. The zero-order chi connectivity index (χ0) is 13.1. The molecule has 1 aromatic carbocycles. The van der Waals surface area contributed by atoms with Gasteiger partial charge >= 0.3 is 0 Å². The second kappa shape index (κ2) is 5.39. The average Bonchev–Trinajstić information content (AvgIpc) is 2.26. The summed E-state index contributed by atoms with van der Waals surface area (Å²) in [4.78, 5) is 0.0497. The molecule has 17 heavy (non-hydrogen) atoms. The maximum absolute atomic E-state index is 11.8. The molecule has 94 valence electrons. The van der Waals surface area contributed by atoms with Crippen LogP contribution in [0.2, 0.25) is 0 Å². The van der Waals surface area contributed by atoms with E-state index < -0.39 is 10.0 Å². The van der Waals surface area contributed by atoms with Crippen molar-refractivity contribution in [2.24, 2.45) is 0 Å². The van der Waals surface area contributed by atoms with Gasteiger partial charge in [0.05, 0.1) is 17.7 Å². The Hall–Kier alpha value is -1.24. The Morgan fingerprint density at radius 2 is 2.24 bits per heavy atom. The molecule has 0 spiro atoms. The highest BCUT2D eigenvalue weighted by molar-refractivity contribution is 7.89. The Kier molecular flexibility index (Phi) is 4.39. The van der Waals surface area contributed by atoms with Crippen LogP contribution in [0.3, 0.4) is 0 Å². The van der Waals surface area contributed by atoms with Gasteiger partial charge in [-0.3, -0.25) is 0 Å². The fourth-order valence-corrected chi connectivity index (χ4v) is 2.34. The van der Waals surface area contributed by atoms with Gasteiger partial charge in [0.25, 0.3) is 0 Å². The van der Waals surface area contributed by atoms with Gasteiger partial charge in [0.1, 0.15) is 5.75 Å². The summed E-state index contributed by atoms with van der Waals surface area (Å²) in [6.45, 7) is 3.36. The number of ether oxygens (including phenoxy) is 1. The molecule has 1 aromatic rings. The lowest BCUT2D eigenvalue weighted by atomic mass is 10.3. The van der Waals surface area contributed by atoms with E-state index in [1.807, 2.05) is 0 Å². The van der Waals surface area contributed by atoms with Crippen LogP contribution >= 0.6 is 11.6 Å². The molecule has 0 heterocycles. The zero-order valence-electron chi connectivity index (χ0n) is 9.23. The summed E-state index contributed by atoms with van der Waals surface area (Å²) in [6.07, 6.45) is 0. The van der Waals surface area contributed by atoms with Crippen molar-refractivity contribution >= 4 is 27.3 Å². The summed E-state index contributed by atoms with van der Waals surface area (Å²) in [6, 6.07) is 4.20. The van der Waals surface area contributed by atoms with Gasteiger partial charge < -0.3 is 10.5 Å². The van der Waals surface area contributed by atoms with E-state index in [0.29, 0.717) is 5.75 Å². The first-order valence-electron chi connectivity index (χ1n) is 4.63. The molecular weight excluding hydrogens is 264 g/mol. The summed E-state index contributed by atoms with van der Waals surface area (Å²) in [5.41, 5.74) is 5.87. The molecule has 0 amide bonds. The predicted molar refractivity (Wildman–Crippen MR) is 67.6 cm³/mol. The number of anilines is 1. The third kappa shape index (κ3) is 3.62. The minimum absolute atomic E-state index is 0.0319. The summed E-state index contributed by atoms with van der Waals surface area (Å²) in [5.74, 6) is 0.422. The fourth-order valence-electron chi connectivity index (χ4n) is 1.14. The Bertz CT molecular complexity index is 528. The average molecular weight is 277 g/mol. The molecule has 0 aliphatic carbocycles. The molecule has 0 aliphatic heterocycles. The molecule has 7 heteroatoms. The van der Waals surface area contributed by atoms with Crippen molar-refractivity contribution in [1.82, 2.24) is 4.72 Å². The van der Waals surface area contributed by atoms with Crippen LogP contribution in [0, 0.1) is 0 Å². The molecule has 0 bridgehead atoms. The van der Waals surface area contributed by atoms with Crippen molar-refractivity contribution < 1.29 is 13.2 Å². The predicted octanol–water partition coefficient (Wildman–Crippen LogP) is 1.31. The molecule has 5 nitrogen and oxygen atoms in total. The highest BCUT2D eigenvalue weighted by Crippen LogP contribution is 2.24. The highest BCUT2D eigenvalue weighted by Gasteiger charge is 2.15. The molecule has 0 aliphatic rings. The van der Waals surface area contributed by atoms with Gasteiger partial charge in [-0.15, -0.1) is 0 Å². The molecule has 0 fully saturated rings. The van der Waals surface area contributed by atoms with Crippen LogP contribution in [-0.2, 0) is 10.0 Å². The number of rotatable bonds is 5. The van der Waals surface area contributed by atoms with E-state index in [2.05, 4.69) is 11.3 Å². The molecule has 0 saturated heterocycles. The van der Waals surface area contributed by atoms with E-state index >= 15 is 0 Å². The number of nitrogens with one attached hydrogen (secondary N) is 1. The van der Waals surface area contributed by atoms with Gasteiger partial charge in [0, 0.05) is 11.6 Å². The number of halogens is 1. The van der Waals surface area contributed by atoms with Crippen molar-refractivity contribution in [2.45, 2.75) is 4.90 Å². The number of hydrogen-bond acceptors (Lipinski definition) is 4. The van der Waals surface area contributed by atoms with E-state index in [9.17, 15) is 8.42 Å². The molecule has 0 saturated carbocycles. The van der Waals surface area contributed by atoms with Crippen LogP contribution < -0.4 is 15.2 Å². The van der Waals surface area contributed by atoms with Crippen LogP contribution in [0.4, 0.5) is 5.69 Å². The summed E-state index contributed by atoms with van der Waals surface area (Å²) in [7, 11) is -2.18. The van der Waals surface area contributed by atoms with Crippen molar-refractivity contribution in [1.29, 1.82) is 0 Å². The monoisotopic (exact) mass is 276 g/mol. The van der Waals surface area contributed by atoms with Crippen LogP contribution in [0.25, 0.3) is 0 Å². The Morgan fingerprint density at radius 1 is 1.59 bits per heavy atom. The maximum atomic E-state index is 11.8. The zero-order valence-corrected chi connectivity index (χ0v) is 10.8. The van der Waals surface area contributed by atoms with E-state index in [1.54, 1.807) is 0 Å². The van der Waals surface area contributed by atoms with Crippen molar-refractivity contribution in [3.63, 3.8) is 0 Å². The number of methoxy groups -OCH3 is 1. The van der Waals surface area contributed by atoms with Gasteiger partial charge in [0.2, 0.25) is 10.0 Å². The van der Waals surface area contributed by atoms with Gasteiger partial charge in [0.15, 0.2) is 0 Å². The van der Waals surface area contributed by atoms with E-state index in [1.165, 1.54) is 25.3 Å². The van der Waals surface area contributed by atoms with E-state index in [-0.39, 0.29) is 22.2 Å². The van der Waals surface area contributed by atoms with Crippen LogP contribution in [0.5, 0.6) is 5.75 Å². The standard InChI is InChI=1S/C10H13ClN2O3S/c1-7(11)6-13-17(14,15)8-3-4-10(16-2)9(12)5-8/h3-5,13H,1,6,12H2,2H3.